The second-order valence-electron chi connectivity index (χ2n) is 4.97. The number of amides is 2. The molecule has 8 heteroatoms. The monoisotopic (exact) mass is 369 g/mol. The SMILES string of the molecule is Cc1ccc(C(=O)NCCNC(=O)c2cnc(Cl)c(Cl)c2)cc1F. The molecule has 0 fully saturated rings. The highest BCUT2D eigenvalue weighted by molar-refractivity contribution is 6.41. The molecule has 1 aromatic heterocycles. The van der Waals surface area contributed by atoms with Crippen LogP contribution in [0.5, 0.6) is 0 Å². The van der Waals surface area contributed by atoms with Gasteiger partial charge in [0.1, 0.15) is 11.0 Å². The quantitative estimate of drug-likeness (QED) is 0.628. The number of carbonyl (C=O) groups excluding carboxylic acids is 2. The van der Waals surface area contributed by atoms with Gasteiger partial charge in [-0.25, -0.2) is 9.37 Å². The van der Waals surface area contributed by atoms with Crippen molar-refractivity contribution in [1.82, 2.24) is 15.6 Å². The molecular weight excluding hydrogens is 356 g/mol. The van der Waals surface area contributed by atoms with E-state index >= 15 is 0 Å². The van der Waals surface area contributed by atoms with Gasteiger partial charge in [0.2, 0.25) is 0 Å². The van der Waals surface area contributed by atoms with Crippen LogP contribution in [0, 0.1) is 12.7 Å². The number of halogens is 3. The Bertz CT molecular complexity index is 718. The van der Waals surface area contributed by atoms with Crippen molar-refractivity contribution in [2.75, 3.05) is 13.1 Å². The molecule has 0 spiro atoms. The number of carbonyl (C=O) groups is 2. The normalized spacial score (nSPS) is 10.3. The maximum atomic E-state index is 13.4. The zero-order valence-electron chi connectivity index (χ0n) is 12.7. The van der Waals surface area contributed by atoms with Crippen LogP contribution >= 0.6 is 23.2 Å². The van der Waals surface area contributed by atoms with E-state index in [0.29, 0.717) is 5.56 Å². The Labute approximate surface area is 148 Å². The summed E-state index contributed by atoms with van der Waals surface area (Å²) in [6.07, 6.45) is 1.30. The zero-order valence-corrected chi connectivity index (χ0v) is 14.2. The standard InChI is InChI=1S/C16H14Cl2FN3O2/c1-9-2-3-10(7-13(9)19)15(23)20-4-5-21-16(24)11-6-12(17)14(18)22-8-11/h2-3,6-8H,4-5H2,1H3,(H,20,23)(H,21,24). The molecule has 2 N–H and O–H groups in total. The first-order chi connectivity index (χ1) is 11.4. The summed E-state index contributed by atoms with van der Waals surface area (Å²) >= 11 is 11.5. The van der Waals surface area contributed by atoms with Gasteiger partial charge in [-0.1, -0.05) is 29.3 Å². The van der Waals surface area contributed by atoms with Crippen LogP contribution in [-0.4, -0.2) is 29.9 Å². The van der Waals surface area contributed by atoms with Gasteiger partial charge in [0.15, 0.2) is 0 Å². The molecule has 1 aromatic carbocycles. The van der Waals surface area contributed by atoms with Gasteiger partial charge < -0.3 is 10.6 Å². The summed E-state index contributed by atoms with van der Waals surface area (Å²) in [5.41, 5.74) is 0.948. The Hall–Kier alpha value is -2.18. The summed E-state index contributed by atoms with van der Waals surface area (Å²) in [4.78, 5) is 27.5. The smallest absolute Gasteiger partial charge is 0.252 e. The average Bonchev–Trinajstić information content (AvgIpc) is 2.56. The van der Waals surface area contributed by atoms with Crippen molar-refractivity contribution >= 4 is 35.0 Å². The number of benzene rings is 1. The molecule has 2 rings (SSSR count). The van der Waals surface area contributed by atoms with Crippen LogP contribution in [0.1, 0.15) is 26.3 Å². The van der Waals surface area contributed by atoms with Crippen molar-refractivity contribution in [1.29, 1.82) is 0 Å². The Balaban J connectivity index is 1.81. The molecule has 0 saturated heterocycles. The van der Waals surface area contributed by atoms with E-state index in [1.54, 1.807) is 6.92 Å². The predicted molar refractivity (Wildman–Crippen MR) is 90.1 cm³/mol. The number of aromatic nitrogens is 1. The summed E-state index contributed by atoms with van der Waals surface area (Å²) in [7, 11) is 0. The second-order valence-corrected chi connectivity index (χ2v) is 5.74. The molecule has 2 amide bonds. The molecule has 0 aliphatic heterocycles. The molecule has 0 unspecified atom stereocenters. The van der Waals surface area contributed by atoms with E-state index in [-0.39, 0.29) is 34.4 Å². The topological polar surface area (TPSA) is 71.1 Å². The number of aryl methyl sites for hydroxylation is 1. The van der Waals surface area contributed by atoms with Crippen molar-refractivity contribution in [3.8, 4) is 0 Å². The van der Waals surface area contributed by atoms with Crippen LogP contribution in [-0.2, 0) is 0 Å². The maximum Gasteiger partial charge on any atom is 0.252 e. The lowest BCUT2D eigenvalue weighted by molar-refractivity contribution is 0.0927. The van der Waals surface area contributed by atoms with E-state index < -0.39 is 17.6 Å². The van der Waals surface area contributed by atoms with Gasteiger partial charge in [0.25, 0.3) is 11.8 Å². The third-order valence-electron chi connectivity index (χ3n) is 3.19. The molecule has 2 aromatic rings. The number of rotatable bonds is 5. The van der Waals surface area contributed by atoms with Gasteiger partial charge in [0, 0.05) is 24.8 Å². The molecule has 0 radical (unpaired) electrons. The molecule has 0 saturated carbocycles. The van der Waals surface area contributed by atoms with Crippen LogP contribution in [0.2, 0.25) is 10.2 Å². The Morgan fingerprint density at radius 1 is 1.08 bits per heavy atom. The van der Waals surface area contributed by atoms with Gasteiger partial charge in [0.05, 0.1) is 10.6 Å². The first-order valence-corrected chi connectivity index (χ1v) is 7.77. The van der Waals surface area contributed by atoms with Crippen molar-refractivity contribution in [3.63, 3.8) is 0 Å². The van der Waals surface area contributed by atoms with Crippen LogP contribution < -0.4 is 10.6 Å². The third kappa shape index (κ3) is 4.66. The predicted octanol–water partition coefficient (Wildman–Crippen LogP) is 3.00. The molecule has 0 aliphatic rings. The minimum atomic E-state index is -0.442. The molecule has 5 nitrogen and oxygen atoms in total. The van der Waals surface area contributed by atoms with Crippen LogP contribution in [0.25, 0.3) is 0 Å². The lowest BCUT2D eigenvalue weighted by Gasteiger charge is -2.08. The van der Waals surface area contributed by atoms with E-state index in [2.05, 4.69) is 15.6 Å². The number of hydrogen-bond acceptors (Lipinski definition) is 3. The zero-order chi connectivity index (χ0) is 17.7. The van der Waals surface area contributed by atoms with Gasteiger partial charge in [-0.05, 0) is 30.7 Å². The third-order valence-corrected chi connectivity index (χ3v) is 3.87. The molecular formula is C16H14Cl2FN3O2. The summed E-state index contributed by atoms with van der Waals surface area (Å²) in [6.45, 7) is 2.00. The van der Waals surface area contributed by atoms with E-state index in [1.807, 2.05) is 0 Å². The van der Waals surface area contributed by atoms with Crippen LogP contribution in [0.3, 0.4) is 0 Å². The summed E-state index contributed by atoms with van der Waals surface area (Å²) in [6, 6.07) is 5.64. The minimum Gasteiger partial charge on any atom is -0.350 e. The molecule has 0 atom stereocenters. The molecule has 0 bridgehead atoms. The summed E-state index contributed by atoms with van der Waals surface area (Å²) < 4.78 is 13.4. The van der Waals surface area contributed by atoms with Crippen LogP contribution in [0.4, 0.5) is 4.39 Å². The average molecular weight is 370 g/mol. The molecule has 126 valence electrons. The maximum absolute atomic E-state index is 13.4. The van der Waals surface area contributed by atoms with Crippen molar-refractivity contribution in [3.05, 3.63) is 63.1 Å². The first-order valence-electron chi connectivity index (χ1n) is 7.02. The highest BCUT2D eigenvalue weighted by atomic mass is 35.5. The lowest BCUT2D eigenvalue weighted by atomic mass is 10.1. The van der Waals surface area contributed by atoms with Crippen molar-refractivity contribution < 1.29 is 14.0 Å². The summed E-state index contributed by atoms with van der Waals surface area (Å²) in [5.74, 6) is -1.25. The Kier molecular flexibility index (Phi) is 6.11. The minimum absolute atomic E-state index is 0.116. The van der Waals surface area contributed by atoms with Crippen molar-refractivity contribution in [2.45, 2.75) is 6.92 Å². The largest absolute Gasteiger partial charge is 0.350 e. The molecule has 0 aliphatic carbocycles. The fourth-order valence-electron chi connectivity index (χ4n) is 1.84. The number of hydrogen-bond donors (Lipinski definition) is 2. The van der Waals surface area contributed by atoms with E-state index in [4.69, 9.17) is 23.2 Å². The highest BCUT2D eigenvalue weighted by Gasteiger charge is 2.10. The second kappa shape index (κ2) is 8.08. The van der Waals surface area contributed by atoms with Gasteiger partial charge in [-0.3, -0.25) is 9.59 Å². The number of pyridine rings is 1. The molecule has 24 heavy (non-hydrogen) atoms. The summed E-state index contributed by atoms with van der Waals surface area (Å²) in [5, 5.41) is 5.49. The van der Waals surface area contributed by atoms with Gasteiger partial charge in [-0.2, -0.15) is 0 Å². The van der Waals surface area contributed by atoms with Gasteiger partial charge >= 0.3 is 0 Å². The highest BCUT2D eigenvalue weighted by Crippen LogP contribution is 2.19. The van der Waals surface area contributed by atoms with E-state index in [0.717, 1.165) is 0 Å². The fraction of sp³-hybridized carbons (Fsp3) is 0.188. The van der Waals surface area contributed by atoms with E-state index in [1.165, 1.54) is 30.5 Å². The van der Waals surface area contributed by atoms with Crippen molar-refractivity contribution in [2.24, 2.45) is 0 Å². The fourth-order valence-corrected chi connectivity index (χ4v) is 2.11. The molecule has 1 heterocycles. The van der Waals surface area contributed by atoms with E-state index in [9.17, 15) is 14.0 Å². The number of nitrogens with one attached hydrogen (secondary N) is 2. The van der Waals surface area contributed by atoms with Gasteiger partial charge in [-0.15, -0.1) is 0 Å². The number of nitrogens with zero attached hydrogens (tertiary/aromatic N) is 1. The van der Waals surface area contributed by atoms with Crippen LogP contribution in [0.15, 0.2) is 30.5 Å². The Morgan fingerprint density at radius 2 is 1.71 bits per heavy atom. The lowest BCUT2D eigenvalue weighted by Crippen LogP contribution is -2.34. The Morgan fingerprint density at radius 3 is 2.29 bits per heavy atom. The first kappa shape index (κ1) is 18.2.